The zero-order chi connectivity index (χ0) is 15.4. The molecule has 2 heterocycles. The molecule has 0 amide bonds. The molecule has 3 rings (SSSR count). The first-order valence-electron chi connectivity index (χ1n) is 7.44. The van der Waals surface area contributed by atoms with Crippen molar-refractivity contribution in [3.8, 4) is 10.7 Å². The lowest BCUT2D eigenvalue weighted by atomic mass is 10.1. The molecule has 0 spiro atoms. The molecule has 0 atom stereocenters. The van der Waals surface area contributed by atoms with Gasteiger partial charge in [0.15, 0.2) is 11.0 Å². The number of aromatic nitrogens is 3. The molecule has 3 aromatic rings. The maximum absolute atomic E-state index is 4.42. The molecule has 2 aromatic heterocycles. The predicted molar refractivity (Wildman–Crippen MR) is 94.4 cm³/mol. The second-order valence-electron chi connectivity index (χ2n) is 5.15. The maximum Gasteiger partial charge on any atom is 0.191 e. The van der Waals surface area contributed by atoms with E-state index in [1.165, 1.54) is 16.0 Å². The van der Waals surface area contributed by atoms with Crippen molar-refractivity contribution in [1.29, 1.82) is 0 Å². The van der Waals surface area contributed by atoms with Gasteiger partial charge in [0.05, 0.1) is 4.88 Å². The number of rotatable bonds is 6. The Labute approximate surface area is 139 Å². The number of aryl methyl sites for hydroxylation is 1. The summed E-state index contributed by atoms with van der Waals surface area (Å²) < 4.78 is 2.24. The Morgan fingerprint density at radius 3 is 2.73 bits per heavy atom. The largest absolute Gasteiger partial charge is 0.301 e. The monoisotopic (exact) mass is 329 g/mol. The first kappa shape index (κ1) is 15.3. The van der Waals surface area contributed by atoms with E-state index < -0.39 is 0 Å². The van der Waals surface area contributed by atoms with Crippen molar-refractivity contribution in [2.24, 2.45) is 0 Å². The minimum Gasteiger partial charge on any atom is -0.301 e. The fourth-order valence-corrected chi connectivity index (χ4v) is 4.08. The molecule has 0 saturated carbocycles. The summed E-state index contributed by atoms with van der Waals surface area (Å²) in [5.74, 6) is 1.92. The van der Waals surface area contributed by atoms with Crippen molar-refractivity contribution in [2.75, 3.05) is 0 Å². The van der Waals surface area contributed by atoms with E-state index in [0.29, 0.717) is 0 Å². The highest BCUT2D eigenvalue weighted by Gasteiger charge is 2.14. The van der Waals surface area contributed by atoms with Crippen LogP contribution in [0.15, 0.2) is 46.9 Å². The van der Waals surface area contributed by atoms with Gasteiger partial charge in [-0.3, -0.25) is 0 Å². The van der Waals surface area contributed by atoms with Gasteiger partial charge in [0.1, 0.15) is 0 Å². The molecule has 0 unspecified atom stereocenters. The van der Waals surface area contributed by atoms with Crippen molar-refractivity contribution in [3.63, 3.8) is 0 Å². The van der Waals surface area contributed by atoms with Crippen LogP contribution >= 0.6 is 23.1 Å². The molecule has 5 heteroatoms. The normalized spacial score (nSPS) is 11.0. The molecule has 0 radical (unpaired) electrons. The van der Waals surface area contributed by atoms with Gasteiger partial charge >= 0.3 is 0 Å². The standard InChI is InChI=1S/C17H19N3S2/c1-3-10-20-16(15-9-6-11-21-15)18-19-17(20)22-12-14-8-5-4-7-13(14)2/h4-9,11H,3,10,12H2,1-2H3. The van der Waals surface area contributed by atoms with E-state index in [0.717, 1.165) is 29.7 Å². The van der Waals surface area contributed by atoms with Crippen molar-refractivity contribution in [3.05, 3.63) is 52.9 Å². The van der Waals surface area contributed by atoms with Crippen molar-refractivity contribution in [1.82, 2.24) is 14.8 Å². The molecule has 0 aliphatic heterocycles. The van der Waals surface area contributed by atoms with Gasteiger partial charge in [0, 0.05) is 12.3 Å². The van der Waals surface area contributed by atoms with E-state index in [1.54, 1.807) is 23.1 Å². The summed E-state index contributed by atoms with van der Waals surface area (Å²) in [6, 6.07) is 12.7. The average molecular weight is 329 g/mol. The highest BCUT2D eigenvalue weighted by atomic mass is 32.2. The quantitative estimate of drug-likeness (QED) is 0.595. The Morgan fingerprint density at radius 1 is 1.14 bits per heavy atom. The summed E-state index contributed by atoms with van der Waals surface area (Å²) in [6.45, 7) is 5.30. The molecular formula is C17H19N3S2. The van der Waals surface area contributed by atoms with Gasteiger partial charge in [0.25, 0.3) is 0 Å². The van der Waals surface area contributed by atoms with Gasteiger partial charge < -0.3 is 4.57 Å². The second-order valence-corrected chi connectivity index (χ2v) is 7.04. The summed E-state index contributed by atoms with van der Waals surface area (Å²) in [5.41, 5.74) is 2.69. The van der Waals surface area contributed by atoms with E-state index >= 15 is 0 Å². The second kappa shape index (κ2) is 7.11. The molecule has 0 fully saturated rings. The highest BCUT2D eigenvalue weighted by Crippen LogP contribution is 2.29. The number of hydrogen-bond acceptors (Lipinski definition) is 4. The highest BCUT2D eigenvalue weighted by molar-refractivity contribution is 7.98. The molecule has 0 aliphatic rings. The number of benzene rings is 1. The molecule has 22 heavy (non-hydrogen) atoms. The van der Waals surface area contributed by atoms with Crippen LogP contribution in [-0.2, 0) is 12.3 Å². The minimum atomic E-state index is 0.930. The fourth-order valence-electron chi connectivity index (χ4n) is 2.32. The van der Waals surface area contributed by atoms with Crippen molar-refractivity contribution >= 4 is 23.1 Å². The zero-order valence-electron chi connectivity index (χ0n) is 12.8. The lowest BCUT2D eigenvalue weighted by Gasteiger charge is -2.08. The predicted octanol–water partition coefficient (Wildman–Crippen LogP) is 5.02. The number of thiophene rings is 1. The minimum absolute atomic E-state index is 0.930. The van der Waals surface area contributed by atoms with Gasteiger partial charge in [-0.05, 0) is 35.9 Å². The Bertz CT molecular complexity index is 732. The Hall–Kier alpha value is -1.59. The molecular weight excluding hydrogens is 310 g/mol. The number of hydrogen-bond donors (Lipinski definition) is 0. The maximum atomic E-state index is 4.42. The molecule has 0 N–H and O–H groups in total. The van der Waals surface area contributed by atoms with Crippen LogP contribution in [-0.4, -0.2) is 14.8 Å². The zero-order valence-corrected chi connectivity index (χ0v) is 14.5. The van der Waals surface area contributed by atoms with Crippen molar-refractivity contribution < 1.29 is 0 Å². The Balaban J connectivity index is 1.83. The number of thioether (sulfide) groups is 1. The van der Waals surface area contributed by atoms with E-state index in [4.69, 9.17) is 0 Å². The molecule has 1 aromatic carbocycles. The molecule has 0 aliphatic carbocycles. The molecule has 114 valence electrons. The third-order valence-corrected chi connectivity index (χ3v) is 5.41. The fraction of sp³-hybridized carbons (Fsp3) is 0.294. The van der Waals surface area contributed by atoms with Crippen LogP contribution in [0.25, 0.3) is 10.7 Å². The van der Waals surface area contributed by atoms with Crippen LogP contribution in [0, 0.1) is 6.92 Å². The van der Waals surface area contributed by atoms with Crippen LogP contribution in [0.2, 0.25) is 0 Å². The van der Waals surface area contributed by atoms with Gasteiger partial charge in [-0.15, -0.1) is 21.5 Å². The summed E-state index contributed by atoms with van der Waals surface area (Å²) in [6.07, 6.45) is 1.08. The summed E-state index contributed by atoms with van der Waals surface area (Å²) >= 11 is 3.48. The van der Waals surface area contributed by atoms with Gasteiger partial charge in [0.2, 0.25) is 0 Å². The summed E-state index contributed by atoms with van der Waals surface area (Å²) in [4.78, 5) is 1.18. The van der Waals surface area contributed by atoms with Gasteiger partial charge in [-0.2, -0.15) is 0 Å². The third-order valence-electron chi connectivity index (χ3n) is 3.52. The SMILES string of the molecule is CCCn1c(SCc2ccccc2C)nnc1-c1cccs1. The first-order chi connectivity index (χ1) is 10.8. The third kappa shape index (κ3) is 3.25. The van der Waals surface area contributed by atoms with Crippen LogP contribution in [0.3, 0.4) is 0 Å². The van der Waals surface area contributed by atoms with E-state index in [9.17, 15) is 0 Å². The van der Waals surface area contributed by atoms with E-state index in [-0.39, 0.29) is 0 Å². The molecule has 0 bridgehead atoms. The first-order valence-corrected chi connectivity index (χ1v) is 9.30. The van der Waals surface area contributed by atoms with Crippen molar-refractivity contribution in [2.45, 2.75) is 37.7 Å². The van der Waals surface area contributed by atoms with Crippen LogP contribution in [0.4, 0.5) is 0 Å². The van der Waals surface area contributed by atoms with Crippen LogP contribution in [0.5, 0.6) is 0 Å². The Morgan fingerprint density at radius 2 is 2.00 bits per heavy atom. The lowest BCUT2D eigenvalue weighted by molar-refractivity contribution is 0.627. The molecule has 3 nitrogen and oxygen atoms in total. The average Bonchev–Trinajstić information content (AvgIpc) is 3.16. The van der Waals surface area contributed by atoms with E-state index in [2.05, 4.69) is 70.4 Å². The van der Waals surface area contributed by atoms with Crippen LogP contribution in [0.1, 0.15) is 24.5 Å². The smallest absolute Gasteiger partial charge is 0.191 e. The molecule has 0 saturated heterocycles. The van der Waals surface area contributed by atoms with Gasteiger partial charge in [-0.1, -0.05) is 49.0 Å². The topological polar surface area (TPSA) is 30.7 Å². The Kier molecular flexibility index (Phi) is 4.95. The lowest BCUT2D eigenvalue weighted by Crippen LogP contribution is -2.01. The van der Waals surface area contributed by atoms with Gasteiger partial charge in [-0.25, -0.2) is 0 Å². The van der Waals surface area contributed by atoms with E-state index in [1.807, 2.05) is 0 Å². The number of nitrogens with zero attached hydrogens (tertiary/aromatic N) is 3. The summed E-state index contributed by atoms with van der Waals surface area (Å²) in [7, 11) is 0. The summed E-state index contributed by atoms with van der Waals surface area (Å²) in [5, 5.41) is 11.9. The van der Waals surface area contributed by atoms with Crippen LogP contribution < -0.4 is 0 Å².